The number of nitrogens with two attached hydrogens (primary N) is 1. The van der Waals surface area contributed by atoms with Crippen LogP contribution in [-0.4, -0.2) is 28.9 Å². The quantitative estimate of drug-likeness (QED) is 0.681. The summed E-state index contributed by atoms with van der Waals surface area (Å²) in [6.45, 7) is 0. The van der Waals surface area contributed by atoms with E-state index in [2.05, 4.69) is 21.2 Å². The average Bonchev–Trinajstić information content (AvgIpc) is 2.36. The van der Waals surface area contributed by atoms with Gasteiger partial charge in [0.15, 0.2) is 0 Å². The van der Waals surface area contributed by atoms with E-state index >= 15 is 0 Å². The Balaban J connectivity index is 2.55. The number of rotatable bonds is 7. The molecule has 1 rings (SSSR count). The summed E-state index contributed by atoms with van der Waals surface area (Å²) in [6, 6.07) is 6.02. The maximum atomic E-state index is 11.8. The Morgan fingerprint density at radius 1 is 1.25 bits per heavy atom. The van der Waals surface area contributed by atoms with Crippen LogP contribution in [0, 0.1) is 0 Å². The van der Waals surface area contributed by atoms with Crippen LogP contribution >= 0.6 is 15.9 Å². The van der Waals surface area contributed by atoms with Crippen molar-refractivity contribution in [1.82, 2.24) is 5.32 Å². The molecular weight excluding hydrogens is 328 g/mol. The lowest BCUT2D eigenvalue weighted by molar-refractivity contribution is -0.142. The Hall–Kier alpha value is -1.89. The van der Waals surface area contributed by atoms with Gasteiger partial charge in [0.05, 0.1) is 6.42 Å². The first-order chi connectivity index (χ1) is 9.38. The molecule has 0 aliphatic carbocycles. The van der Waals surface area contributed by atoms with Crippen LogP contribution in [0.25, 0.3) is 0 Å². The van der Waals surface area contributed by atoms with E-state index in [1.54, 1.807) is 24.3 Å². The summed E-state index contributed by atoms with van der Waals surface area (Å²) in [5, 5.41) is 11.3. The van der Waals surface area contributed by atoms with E-state index in [1.165, 1.54) is 0 Å². The summed E-state index contributed by atoms with van der Waals surface area (Å²) in [5.41, 5.74) is 5.73. The minimum atomic E-state index is -1.18. The second-order valence-corrected chi connectivity index (χ2v) is 5.18. The Bertz CT molecular complexity index is 502. The predicted octanol–water partition coefficient (Wildman–Crippen LogP) is 0.827. The number of aliphatic carboxylic acids is 1. The fraction of sp³-hybridized carbons (Fsp3) is 0.308. The predicted molar refractivity (Wildman–Crippen MR) is 75.8 cm³/mol. The second kappa shape index (κ2) is 7.64. The zero-order valence-corrected chi connectivity index (χ0v) is 12.2. The molecule has 0 bridgehead atoms. The largest absolute Gasteiger partial charge is 0.480 e. The molecule has 0 heterocycles. The lowest BCUT2D eigenvalue weighted by Crippen LogP contribution is -2.42. The van der Waals surface area contributed by atoms with Crippen LogP contribution in [0.2, 0.25) is 0 Å². The topological polar surface area (TPSA) is 109 Å². The molecule has 4 N–H and O–H groups in total. The van der Waals surface area contributed by atoms with Gasteiger partial charge in [0.1, 0.15) is 6.04 Å². The van der Waals surface area contributed by atoms with E-state index in [0.29, 0.717) is 0 Å². The van der Waals surface area contributed by atoms with Crippen molar-refractivity contribution in [2.24, 2.45) is 5.73 Å². The number of hydrogen-bond donors (Lipinski definition) is 3. The molecule has 0 saturated heterocycles. The van der Waals surface area contributed by atoms with Gasteiger partial charge in [0.2, 0.25) is 11.8 Å². The smallest absolute Gasteiger partial charge is 0.326 e. The molecule has 0 spiro atoms. The van der Waals surface area contributed by atoms with E-state index in [9.17, 15) is 14.4 Å². The summed E-state index contributed by atoms with van der Waals surface area (Å²) in [7, 11) is 0. The Kier molecular flexibility index (Phi) is 6.17. The van der Waals surface area contributed by atoms with Crippen molar-refractivity contribution in [3.05, 3.63) is 34.3 Å². The Labute approximate surface area is 124 Å². The van der Waals surface area contributed by atoms with E-state index in [1.807, 2.05) is 0 Å². The summed E-state index contributed by atoms with van der Waals surface area (Å²) < 4.78 is 0.895. The standard InChI is InChI=1S/C13H15BrN2O4/c14-9-3-1-8(2-4-9)7-12(18)16-10(13(19)20)5-6-11(15)17/h1-4,10H,5-7H2,(H2,15,17)(H,16,18)(H,19,20). The fourth-order valence-corrected chi connectivity index (χ4v) is 1.84. The Morgan fingerprint density at radius 3 is 2.35 bits per heavy atom. The van der Waals surface area contributed by atoms with Gasteiger partial charge >= 0.3 is 5.97 Å². The first-order valence-electron chi connectivity index (χ1n) is 5.93. The van der Waals surface area contributed by atoms with Crippen LogP contribution in [0.15, 0.2) is 28.7 Å². The molecule has 1 aromatic rings. The van der Waals surface area contributed by atoms with Gasteiger partial charge in [-0.2, -0.15) is 0 Å². The number of nitrogens with one attached hydrogen (secondary N) is 1. The van der Waals surface area contributed by atoms with Crippen LogP contribution in [0.5, 0.6) is 0 Å². The highest BCUT2D eigenvalue weighted by atomic mass is 79.9. The third-order valence-corrected chi connectivity index (χ3v) is 3.12. The van der Waals surface area contributed by atoms with Gasteiger partial charge in [-0.25, -0.2) is 4.79 Å². The number of carbonyl (C=O) groups excluding carboxylic acids is 2. The van der Waals surface area contributed by atoms with E-state index in [-0.39, 0.29) is 19.3 Å². The SMILES string of the molecule is NC(=O)CCC(NC(=O)Cc1ccc(Br)cc1)C(=O)O. The minimum absolute atomic E-state index is 0.0171. The van der Waals surface area contributed by atoms with E-state index < -0.39 is 23.8 Å². The minimum Gasteiger partial charge on any atom is -0.480 e. The summed E-state index contributed by atoms with van der Waals surface area (Å²) in [5.74, 6) is -2.20. The van der Waals surface area contributed by atoms with Crippen molar-refractivity contribution in [1.29, 1.82) is 0 Å². The molecule has 1 atom stereocenters. The fourth-order valence-electron chi connectivity index (χ4n) is 1.58. The average molecular weight is 343 g/mol. The molecule has 0 saturated carbocycles. The normalized spacial score (nSPS) is 11.7. The van der Waals surface area contributed by atoms with Crippen molar-refractivity contribution in [2.45, 2.75) is 25.3 Å². The number of benzene rings is 1. The molecule has 0 radical (unpaired) electrons. The lowest BCUT2D eigenvalue weighted by Gasteiger charge is -2.13. The van der Waals surface area contributed by atoms with Crippen LogP contribution in [0.1, 0.15) is 18.4 Å². The number of primary amides is 1. The number of carbonyl (C=O) groups is 3. The van der Waals surface area contributed by atoms with Gasteiger partial charge in [0.25, 0.3) is 0 Å². The number of halogens is 1. The van der Waals surface area contributed by atoms with Gasteiger partial charge in [-0.05, 0) is 24.1 Å². The van der Waals surface area contributed by atoms with Gasteiger partial charge in [-0.3, -0.25) is 9.59 Å². The first-order valence-corrected chi connectivity index (χ1v) is 6.72. The van der Waals surface area contributed by atoms with Crippen molar-refractivity contribution in [2.75, 3.05) is 0 Å². The van der Waals surface area contributed by atoms with Crippen molar-refractivity contribution < 1.29 is 19.5 Å². The molecule has 2 amide bonds. The lowest BCUT2D eigenvalue weighted by atomic mass is 10.1. The summed E-state index contributed by atoms with van der Waals surface area (Å²) in [4.78, 5) is 33.4. The van der Waals surface area contributed by atoms with E-state index in [0.717, 1.165) is 10.0 Å². The monoisotopic (exact) mass is 342 g/mol. The van der Waals surface area contributed by atoms with Crippen LogP contribution in [0.3, 0.4) is 0 Å². The molecule has 1 aromatic carbocycles. The molecule has 7 heteroatoms. The number of carboxylic acid groups (broad SMARTS) is 1. The molecule has 108 valence electrons. The third-order valence-electron chi connectivity index (χ3n) is 2.59. The highest BCUT2D eigenvalue weighted by Gasteiger charge is 2.20. The number of hydrogen-bond acceptors (Lipinski definition) is 3. The maximum Gasteiger partial charge on any atom is 0.326 e. The van der Waals surface area contributed by atoms with Crippen LogP contribution in [-0.2, 0) is 20.8 Å². The molecule has 0 fully saturated rings. The molecule has 6 nitrogen and oxygen atoms in total. The highest BCUT2D eigenvalue weighted by Crippen LogP contribution is 2.11. The van der Waals surface area contributed by atoms with Crippen molar-refractivity contribution >= 4 is 33.7 Å². The summed E-state index contributed by atoms with van der Waals surface area (Å²) in [6.07, 6.45) is -0.0279. The van der Waals surface area contributed by atoms with Gasteiger partial charge < -0.3 is 16.2 Å². The number of carboxylic acids is 1. The van der Waals surface area contributed by atoms with Crippen LogP contribution in [0.4, 0.5) is 0 Å². The van der Waals surface area contributed by atoms with Gasteiger partial charge in [-0.15, -0.1) is 0 Å². The molecule has 20 heavy (non-hydrogen) atoms. The molecular formula is C13H15BrN2O4. The van der Waals surface area contributed by atoms with Crippen LogP contribution < -0.4 is 11.1 Å². The highest BCUT2D eigenvalue weighted by molar-refractivity contribution is 9.10. The molecule has 1 unspecified atom stereocenters. The number of amides is 2. The Morgan fingerprint density at radius 2 is 1.85 bits per heavy atom. The molecule has 0 aromatic heterocycles. The third kappa shape index (κ3) is 5.83. The van der Waals surface area contributed by atoms with Gasteiger partial charge in [-0.1, -0.05) is 28.1 Å². The van der Waals surface area contributed by atoms with Gasteiger partial charge in [0, 0.05) is 10.9 Å². The molecule has 0 aliphatic heterocycles. The second-order valence-electron chi connectivity index (χ2n) is 4.27. The first kappa shape index (κ1) is 16.2. The summed E-state index contributed by atoms with van der Waals surface area (Å²) >= 11 is 3.28. The van der Waals surface area contributed by atoms with Crippen molar-refractivity contribution in [3.8, 4) is 0 Å². The zero-order valence-electron chi connectivity index (χ0n) is 10.6. The zero-order chi connectivity index (χ0) is 15.1. The van der Waals surface area contributed by atoms with E-state index in [4.69, 9.17) is 10.8 Å². The van der Waals surface area contributed by atoms with Crippen molar-refractivity contribution in [3.63, 3.8) is 0 Å². The molecule has 0 aliphatic rings. The maximum absolute atomic E-state index is 11.8.